The zero-order chi connectivity index (χ0) is 29.8. The summed E-state index contributed by atoms with van der Waals surface area (Å²) >= 11 is 0. The average Bonchev–Trinajstić information content (AvgIpc) is 2.82. The molecule has 0 saturated heterocycles. The SMILES string of the molecule is CCc1ccc(Nc2cncc(Cc3ccnc(N(C(=O)OC(C)(C)C)C(=O)OC(C)(C)C)c3F)c2C)c(F)c1. The highest BCUT2D eigenvalue weighted by molar-refractivity contribution is 6.08. The third-order valence-electron chi connectivity index (χ3n) is 5.73. The lowest BCUT2D eigenvalue weighted by Gasteiger charge is -2.28. The van der Waals surface area contributed by atoms with E-state index in [0.717, 1.165) is 11.1 Å². The number of benzene rings is 1. The number of halogens is 2. The second-order valence-corrected chi connectivity index (χ2v) is 11.3. The van der Waals surface area contributed by atoms with Gasteiger partial charge < -0.3 is 14.8 Å². The van der Waals surface area contributed by atoms with Gasteiger partial charge in [-0.3, -0.25) is 4.98 Å². The van der Waals surface area contributed by atoms with Crippen LogP contribution in [0.15, 0.2) is 42.9 Å². The topological polar surface area (TPSA) is 93.7 Å². The number of aryl methyl sites for hydroxylation is 1. The molecule has 0 unspecified atom stereocenters. The van der Waals surface area contributed by atoms with Crippen molar-refractivity contribution in [1.82, 2.24) is 9.97 Å². The highest BCUT2D eigenvalue weighted by Gasteiger charge is 2.36. The number of amides is 2. The maximum atomic E-state index is 15.9. The average molecular weight is 555 g/mol. The lowest BCUT2D eigenvalue weighted by Crippen LogP contribution is -2.44. The standard InChI is InChI=1S/C30H36F2N4O4/c1-9-19-10-11-23(22(31)14-19)35-24-17-33-16-21(18(24)2)15-20-12-13-34-26(25(20)32)36(27(37)39-29(3,4)5)28(38)40-30(6,7)8/h10-14,16-17,35H,9,15H2,1-8H3. The summed E-state index contributed by atoms with van der Waals surface area (Å²) in [6, 6.07) is 6.43. The molecule has 0 atom stereocenters. The van der Waals surface area contributed by atoms with E-state index in [0.29, 0.717) is 28.3 Å². The first-order chi connectivity index (χ1) is 18.6. The Balaban J connectivity index is 1.96. The van der Waals surface area contributed by atoms with Crippen molar-refractivity contribution in [3.8, 4) is 0 Å². The van der Waals surface area contributed by atoms with Gasteiger partial charge in [0.05, 0.1) is 17.6 Å². The molecule has 0 fully saturated rings. The monoisotopic (exact) mass is 554 g/mol. The van der Waals surface area contributed by atoms with Gasteiger partial charge in [0.2, 0.25) is 0 Å². The van der Waals surface area contributed by atoms with E-state index in [1.165, 1.54) is 18.3 Å². The summed E-state index contributed by atoms with van der Waals surface area (Å²) in [6.07, 6.45) is 2.97. The summed E-state index contributed by atoms with van der Waals surface area (Å²) in [5.41, 5.74) is 1.33. The minimum Gasteiger partial charge on any atom is -0.443 e. The van der Waals surface area contributed by atoms with Crippen LogP contribution >= 0.6 is 0 Å². The molecule has 2 amide bonds. The molecule has 40 heavy (non-hydrogen) atoms. The number of nitrogens with one attached hydrogen (secondary N) is 1. The van der Waals surface area contributed by atoms with E-state index in [1.807, 2.05) is 19.9 Å². The normalized spacial score (nSPS) is 11.7. The van der Waals surface area contributed by atoms with Crippen molar-refractivity contribution in [1.29, 1.82) is 0 Å². The van der Waals surface area contributed by atoms with Crippen molar-refractivity contribution in [2.24, 2.45) is 0 Å². The third-order valence-corrected chi connectivity index (χ3v) is 5.73. The van der Waals surface area contributed by atoms with Gasteiger partial charge in [-0.15, -0.1) is 0 Å². The summed E-state index contributed by atoms with van der Waals surface area (Å²) < 4.78 is 41.2. The van der Waals surface area contributed by atoms with Crippen molar-refractivity contribution in [3.63, 3.8) is 0 Å². The summed E-state index contributed by atoms with van der Waals surface area (Å²) in [7, 11) is 0. The molecule has 0 bridgehead atoms. The van der Waals surface area contributed by atoms with E-state index < -0.39 is 40.8 Å². The van der Waals surface area contributed by atoms with Gasteiger partial charge >= 0.3 is 12.2 Å². The zero-order valence-electron chi connectivity index (χ0n) is 24.2. The van der Waals surface area contributed by atoms with Crippen LogP contribution in [0.4, 0.5) is 35.6 Å². The largest absolute Gasteiger partial charge is 0.443 e. The summed E-state index contributed by atoms with van der Waals surface area (Å²) in [4.78, 5) is 34.7. The molecule has 3 aromatic rings. The number of carbonyl (C=O) groups excluding carboxylic acids is 2. The summed E-state index contributed by atoms with van der Waals surface area (Å²) in [6.45, 7) is 13.5. The number of ether oxygens (including phenoxy) is 2. The number of carbonyl (C=O) groups is 2. The first-order valence-corrected chi connectivity index (χ1v) is 13.0. The van der Waals surface area contributed by atoms with Gasteiger partial charge in [-0.25, -0.2) is 23.4 Å². The van der Waals surface area contributed by atoms with Crippen LogP contribution < -0.4 is 10.2 Å². The van der Waals surface area contributed by atoms with Gasteiger partial charge in [0, 0.05) is 18.8 Å². The Morgan fingerprint density at radius 3 is 2.10 bits per heavy atom. The van der Waals surface area contributed by atoms with Crippen molar-refractivity contribution >= 4 is 29.4 Å². The maximum Gasteiger partial charge on any atom is 0.425 e. The zero-order valence-corrected chi connectivity index (χ0v) is 24.2. The second kappa shape index (κ2) is 12.0. The number of aromatic nitrogens is 2. The van der Waals surface area contributed by atoms with Crippen molar-refractivity contribution < 1.29 is 27.8 Å². The third kappa shape index (κ3) is 7.74. The molecule has 214 valence electrons. The Hall–Kier alpha value is -4.08. The molecule has 0 radical (unpaired) electrons. The molecule has 1 N–H and O–H groups in total. The van der Waals surface area contributed by atoms with Gasteiger partial charge in [-0.1, -0.05) is 13.0 Å². The Morgan fingerprint density at radius 1 is 0.925 bits per heavy atom. The fourth-order valence-electron chi connectivity index (χ4n) is 3.73. The Bertz CT molecular complexity index is 1370. The summed E-state index contributed by atoms with van der Waals surface area (Å²) in [5, 5.41) is 3.06. The number of imide groups is 1. The molecule has 1 aromatic carbocycles. The summed E-state index contributed by atoms with van der Waals surface area (Å²) in [5.74, 6) is -1.82. The predicted molar refractivity (Wildman–Crippen MR) is 150 cm³/mol. The molecular formula is C30H36F2N4O4. The number of anilines is 3. The molecule has 10 heteroatoms. The molecule has 0 spiro atoms. The Morgan fingerprint density at radius 2 is 1.55 bits per heavy atom. The molecule has 0 aliphatic carbocycles. The van der Waals surface area contributed by atoms with E-state index >= 15 is 4.39 Å². The smallest absolute Gasteiger partial charge is 0.425 e. The molecule has 8 nitrogen and oxygen atoms in total. The van der Waals surface area contributed by atoms with Crippen molar-refractivity contribution in [2.45, 2.75) is 79.4 Å². The lowest BCUT2D eigenvalue weighted by molar-refractivity contribution is 0.0427. The van der Waals surface area contributed by atoms with Crippen LogP contribution in [0.1, 0.15) is 70.7 Å². The van der Waals surface area contributed by atoms with Crippen LogP contribution in [0.2, 0.25) is 0 Å². The highest BCUT2D eigenvalue weighted by Crippen LogP contribution is 2.29. The Labute approximate surface area is 233 Å². The van der Waals surface area contributed by atoms with Crippen molar-refractivity contribution in [2.75, 3.05) is 10.2 Å². The van der Waals surface area contributed by atoms with E-state index in [2.05, 4.69) is 15.3 Å². The molecule has 2 aromatic heterocycles. The van der Waals surface area contributed by atoms with E-state index in [1.54, 1.807) is 60.0 Å². The molecule has 0 aliphatic heterocycles. The Kier molecular flexibility index (Phi) is 9.12. The fraction of sp³-hybridized carbons (Fsp3) is 0.400. The number of pyridine rings is 2. The van der Waals surface area contributed by atoms with Gasteiger partial charge in [0.25, 0.3) is 0 Å². The van der Waals surface area contributed by atoms with Crippen LogP contribution in [0.5, 0.6) is 0 Å². The first-order valence-electron chi connectivity index (χ1n) is 13.0. The minimum absolute atomic E-state index is 0.0590. The lowest BCUT2D eigenvalue weighted by atomic mass is 10.0. The quantitative estimate of drug-likeness (QED) is 0.335. The van der Waals surface area contributed by atoms with Crippen molar-refractivity contribution in [3.05, 3.63) is 76.7 Å². The number of nitrogens with zero attached hydrogens (tertiary/aromatic N) is 3. The van der Waals surface area contributed by atoms with E-state index in [4.69, 9.17) is 9.47 Å². The van der Waals surface area contributed by atoms with Gasteiger partial charge in [0.1, 0.15) is 17.0 Å². The van der Waals surface area contributed by atoms with Crippen LogP contribution in [0.3, 0.4) is 0 Å². The number of rotatable bonds is 6. The predicted octanol–water partition coefficient (Wildman–Crippen LogP) is 7.64. The molecule has 0 aliphatic rings. The van der Waals surface area contributed by atoms with E-state index in [-0.39, 0.29) is 12.0 Å². The van der Waals surface area contributed by atoms with Crippen LogP contribution in [-0.4, -0.2) is 33.4 Å². The van der Waals surface area contributed by atoms with Gasteiger partial charge in [-0.2, -0.15) is 4.90 Å². The number of hydrogen-bond acceptors (Lipinski definition) is 7. The van der Waals surface area contributed by atoms with E-state index in [9.17, 15) is 14.0 Å². The molecule has 3 rings (SSSR count). The fourth-order valence-corrected chi connectivity index (χ4v) is 3.73. The van der Waals surface area contributed by atoms with Gasteiger partial charge in [-0.05, 0) is 95.3 Å². The molecule has 2 heterocycles. The van der Waals surface area contributed by atoms with Crippen LogP contribution in [-0.2, 0) is 22.3 Å². The maximum absolute atomic E-state index is 15.9. The second-order valence-electron chi connectivity index (χ2n) is 11.3. The van der Waals surface area contributed by atoms with Crippen LogP contribution in [0.25, 0.3) is 0 Å². The number of hydrogen-bond donors (Lipinski definition) is 1. The minimum atomic E-state index is -1.12. The van der Waals surface area contributed by atoms with Crippen LogP contribution in [0, 0.1) is 18.6 Å². The van der Waals surface area contributed by atoms with Gasteiger partial charge in [0.15, 0.2) is 11.6 Å². The molecule has 0 saturated carbocycles. The highest BCUT2D eigenvalue weighted by atomic mass is 19.1. The first kappa shape index (κ1) is 30.5. The molecular weight excluding hydrogens is 518 g/mol.